The number of hydrogen-bond donors (Lipinski definition) is 5. The number of benzene rings is 1. The third-order valence-corrected chi connectivity index (χ3v) is 7.42. The third-order valence-electron chi connectivity index (χ3n) is 7.42. The van der Waals surface area contributed by atoms with Crippen LogP contribution in [0.1, 0.15) is 81.1 Å². The maximum Gasteiger partial charge on any atom is 0.0890 e. The molecular weight excluding hydrogens is 563 g/mol. The van der Waals surface area contributed by atoms with E-state index in [4.69, 9.17) is 0 Å². The van der Waals surface area contributed by atoms with E-state index in [1.54, 1.807) is 24.3 Å². The number of unbranched alkanes of at least 4 members (excludes halogenated alkanes) is 7. The Balaban J connectivity index is 0.000000180. The summed E-state index contributed by atoms with van der Waals surface area (Å²) in [6.45, 7) is 3.06. The first-order valence-corrected chi connectivity index (χ1v) is 15.9. The maximum absolute atomic E-state index is 13.5. The number of aromatic amines is 2. The summed E-state index contributed by atoms with van der Waals surface area (Å²) in [5.74, 6) is 0. The maximum atomic E-state index is 13.5. The van der Waals surface area contributed by atoms with E-state index in [1.165, 1.54) is 44.9 Å². The van der Waals surface area contributed by atoms with Crippen LogP contribution in [0, 0.1) is 0 Å². The average molecular weight is 607 g/mol. The van der Waals surface area contributed by atoms with Gasteiger partial charge in [-0.3, -0.25) is 0 Å². The molecule has 6 rings (SSSR count). The lowest BCUT2D eigenvalue weighted by Crippen LogP contribution is -2.50. The Morgan fingerprint density at radius 3 is 1.51 bits per heavy atom. The molecule has 3 aromatic heterocycles. The first-order chi connectivity index (χ1) is 22.1. The van der Waals surface area contributed by atoms with E-state index in [1.807, 2.05) is 54.6 Å². The first kappa shape index (κ1) is 31.8. The molecule has 0 fully saturated rings. The number of nitrogens with one attached hydrogen (secondary N) is 5. The Labute approximate surface area is 264 Å². The Kier molecular flexibility index (Phi) is 12.1. The Morgan fingerprint density at radius 2 is 1.04 bits per heavy atom. The van der Waals surface area contributed by atoms with Crippen molar-refractivity contribution in [2.45, 2.75) is 58.3 Å². The van der Waals surface area contributed by atoms with Crippen LogP contribution in [0.2, 0.25) is 0 Å². The Morgan fingerprint density at radius 1 is 0.600 bits per heavy atom. The quantitative estimate of drug-likeness (QED) is 0.0513. The molecule has 0 amide bonds. The minimum absolute atomic E-state index is 0.445. The molecule has 234 valence electrons. The van der Waals surface area contributed by atoms with Gasteiger partial charge < -0.3 is 9.97 Å². The molecule has 0 saturated heterocycles. The molecule has 8 bridgehead atoms. The number of nitrogens with zero attached hydrogens (tertiary/aromatic N) is 3. The highest BCUT2D eigenvalue weighted by atomic mass is 19.2. The normalized spacial score (nSPS) is 11.8. The number of hydrazine groups is 3. The van der Waals surface area contributed by atoms with Crippen LogP contribution < -0.4 is 21.7 Å². The molecule has 8 nitrogen and oxygen atoms in total. The van der Waals surface area contributed by atoms with Crippen molar-refractivity contribution in [2.75, 3.05) is 11.8 Å². The molecule has 5 N–H and O–H groups in total. The van der Waals surface area contributed by atoms with Crippen LogP contribution in [0.5, 0.6) is 0 Å². The molecule has 0 spiro atoms. The lowest BCUT2D eigenvalue weighted by atomic mass is 10.1. The van der Waals surface area contributed by atoms with Crippen molar-refractivity contribution in [1.82, 2.24) is 36.4 Å². The highest BCUT2D eigenvalue weighted by Crippen LogP contribution is 2.17. The molecule has 1 aromatic carbocycles. The van der Waals surface area contributed by atoms with Crippen LogP contribution in [-0.4, -0.2) is 26.5 Å². The van der Waals surface area contributed by atoms with Gasteiger partial charge in [-0.05, 0) is 91.4 Å². The summed E-state index contributed by atoms with van der Waals surface area (Å²) in [4.78, 5) is 16.0. The zero-order chi connectivity index (χ0) is 31.1. The predicted molar refractivity (Wildman–Crippen MR) is 186 cm³/mol. The second-order valence-corrected chi connectivity index (χ2v) is 11.2. The van der Waals surface area contributed by atoms with E-state index in [0.29, 0.717) is 10.9 Å². The lowest BCUT2D eigenvalue weighted by molar-refractivity contribution is 0.292. The minimum atomic E-state index is 0.445. The summed E-state index contributed by atoms with van der Waals surface area (Å²) in [6, 6.07) is 25.2. The summed E-state index contributed by atoms with van der Waals surface area (Å²) in [5.41, 5.74) is 16.4. The van der Waals surface area contributed by atoms with Gasteiger partial charge >= 0.3 is 0 Å². The van der Waals surface area contributed by atoms with E-state index in [-0.39, 0.29) is 0 Å². The molecule has 4 aromatic rings. The van der Waals surface area contributed by atoms with Crippen molar-refractivity contribution in [3.63, 3.8) is 0 Å². The van der Waals surface area contributed by atoms with Gasteiger partial charge in [0.25, 0.3) is 0 Å². The fraction of sp³-hybridized carbons (Fsp3) is 0.278. The molecule has 45 heavy (non-hydrogen) atoms. The van der Waals surface area contributed by atoms with Crippen molar-refractivity contribution in [2.24, 2.45) is 0 Å². The molecule has 2 aliphatic heterocycles. The molecule has 5 heterocycles. The van der Waals surface area contributed by atoms with Crippen molar-refractivity contribution >= 4 is 52.1 Å². The second kappa shape index (κ2) is 17.1. The van der Waals surface area contributed by atoms with Crippen LogP contribution in [-0.2, 0) is 0 Å². The Hall–Kier alpha value is -4.57. The Bertz CT molecular complexity index is 1530. The molecule has 0 aliphatic carbocycles. The largest absolute Gasteiger partial charge is 0.355 e. The number of fused-ring (bicyclic) bond motifs is 8. The van der Waals surface area contributed by atoms with Gasteiger partial charge in [-0.1, -0.05) is 74.5 Å². The monoisotopic (exact) mass is 606 g/mol. The number of para-hydroxylation sites is 1. The zero-order valence-electron chi connectivity index (χ0n) is 25.9. The zero-order valence-corrected chi connectivity index (χ0v) is 25.9. The van der Waals surface area contributed by atoms with Crippen LogP contribution in [0.4, 0.5) is 10.2 Å². The van der Waals surface area contributed by atoms with Crippen LogP contribution in [0.15, 0.2) is 78.9 Å². The molecule has 2 aliphatic rings. The second-order valence-electron chi connectivity index (χ2n) is 11.2. The molecule has 0 radical (unpaired) electrons. The van der Waals surface area contributed by atoms with E-state index >= 15 is 0 Å². The number of halogens is 1. The van der Waals surface area contributed by atoms with Gasteiger partial charge in [-0.25, -0.2) is 15.4 Å². The first-order valence-electron chi connectivity index (χ1n) is 15.9. The summed E-state index contributed by atoms with van der Waals surface area (Å²) in [5, 5.41) is 0.445. The summed E-state index contributed by atoms with van der Waals surface area (Å²) < 4.78 is 13.5. The number of hydrogen-bond acceptors (Lipinski definition) is 6. The van der Waals surface area contributed by atoms with Gasteiger partial charge in [-0.15, -0.1) is 10.8 Å². The SMILES string of the molecule is C1=Cc2cc3ccc(cc4nc(cc5ccc(cc1n2)[nH]5)C=C4)[nH]3.CCCCCCCCCCNNNN(F)c1ccccc1. The average Bonchev–Trinajstić information content (AvgIpc) is 3.87. The van der Waals surface area contributed by atoms with Crippen molar-refractivity contribution in [3.8, 4) is 0 Å². The van der Waals surface area contributed by atoms with Gasteiger partial charge in [-0.2, -0.15) is 5.53 Å². The van der Waals surface area contributed by atoms with Gasteiger partial charge in [0, 0.05) is 28.6 Å². The highest BCUT2D eigenvalue weighted by molar-refractivity contribution is 5.77. The van der Waals surface area contributed by atoms with Gasteiger partial charge in [0.05, 0.1) is 28.5 Å². The highest BCUT2D eigenvalue weighted by Gasteiger charge is 2.02. The minimum Gasteiger partial charge on any atom is -0.355 e. The van der Waals surface area contributed by atoms with Crippen molar-refractivity contribution in [1.29, 1.82) is 0 Å². The number of anilines is 1. The third kappa shape index (κ3) is 10.5. The van der Waals surface area contributed by atoms with Crippen LogP contribution in [0.25, 0.3) is 46.4 Å². The van der Waals surface area contributed by atoms with Gasteiger partial charge in [0.2, 0.25) is 0 Å². The number of H-pyrrole nitrogens is 2. The van der Waals surface area contributed by atoms with Crippen LogP contribution in [0.3, 0.4) is 0 Å². The standard InChI is InChI=1S/C20H14N4.C16H29FN4/c1-2-14-10-16-5-6-18(23-16)12-20-8-7-19(24-20)11-17-4-3-15(22-17)9-13(1)21-14;1-2-3-4-5-6-7-8-12-15-18-19-20-21(17)16-13-10-9-11-14-16/h1-12,21,24H;9-11,13-14,18-20H,2-8,12,15H2,1H3. The molecule has 9 heteroatoms. The van der Waals surface area contributed by atoms with E-state index in [2.05, 4.69) is 67.6 Å². The lowest BCUT2D eigenvalue weighted by Gasteiger charge is -2.15. The summed E-state index contributed by atoms with van der Waals surface area (Å²) in [6.07, 6.45) is 18.4. The van der Waals surface area contributed by atoms with E-state index < -0.39 is 0 Å². The number of aromatic nitrogens is 4. The van der Waals surface area contributed by atoms with Crippen LogP contribution >= 0.6 is 0 Å². The predicted octanol–water partition coefficient (Wildman–Crippen LogP) is 8.69. The fourth-order valence-corrected chi connectivity index (χ4v) is 5.07. The smallest absolute Gasteiger partial charge is 0.0890 e. The molecule has 0 saturated carbocycles. The number of rotatable bonds is 13. The summed E-state index contributed by atoms with van der Waals surface area (Å²) in [7, 11) is 0. The molecule has 0 atom stereocenters. The summed E-state index contributed by atoms with van der Waals surface area (Å²) >= 11 is 0. The van der Waals surface area contributed by atoms with Crippen molar-refractivity contribution in [3.05, 3.63) is 102 Å². The van der Waals surface area contributed by atoms with Gasteiger partial charge in [0.1, 0.15) is 0 Å². The molecule has 0 unspecified atom stereocenters. The fourth-order valence-electron chi connectivity index (χ4n) is 5.07. The van der Waals surface area contributed by atoms with E-state index in [9.17, 15) is 4.48 Å². The topological polar surface area (TPSA) is 96.7 Å². The molecular formula is C36H43FN8. The van der Waals surface area contributed by atoms with E-state index in [0.717, 1.165) is 57.8 Å². The van der Waals surface area contributed by atoms with Gasteiger partial charge in [0.15, 0.2) is 0 Å². The van der Waals surface area contributed by atoms with Crippen molar-refractivity contribution < 1.29 is 4.48 Å².